The fraction of sp³-hybridized carbons (Fsp3) is 0.286. The predicted molar refractivity (Wildman–Crippen MR) is 133 cm³/mol. The van der Waals surface area contributed by atoms with Crippen LogP contribution in [0.15, 0.2) is 73.8 Å². The van der Waals surface area contributed by atoms with Crippen molar-refractivity contribution in [3.05, 3.63) is 85.0 Å². The summed E-state index contributed by atoms with van der Waals surface area (Å²) in [5, 5.41) is 0. The van der Waals surface area contributed by atoms with Crippen LogP contribution < -0.4 is 0 Å². The Hall–Kier alpha value is -4.20. The quantitative estimate of drug-likeness (QED) is 0.152. The van der Waals surface area contributed by atoms with Gasteiger partial charge in [-0.25, -0.2) is 19.2 Å². The number of benzene rings is 2. The van der Waals surface area contributed by atoms with E-state index in [2.05, 4.69) is 13.2 Å². The Morgan fingerprint density at radius 3 is 1.14 bits per heavy atom. The third kappa shape index (κ3) is 9.97. The van der Waals surface area contributed by atoms with Crippen molar-refractivity contribution in [3.8, 4) is 11.1 Å². The Morgan fingerprint density at radius 2 is 0.833 bits per heavy atom. The van der Waals surface area contributed by atoms with Crippen LogP contribution in [0.3, 0.4) is 0 Å². The second-order valence-electron chi connectivity index (χ2n) is 7.58. The molecule has 2 aromatic carbocycles. The van der Waals surface area contributed by atoms with Gasteiger partial charge < -0.3 is 18.9 Å². The van der Waals surface area contributed by atoms with Crippen LogP contribution in [0.5, 0.6) is 0 Å². The molecular weight excluding hydrogens is 464 g/mol. The second kappa shape index (κ2) is 15.7. The molecule has 2 aromatic rings. The topological polar surface area (TPSA) is 105 Å². The second-order valence-corrected chi connectivity index (χ2v) is 7.58. The maximum absolute atomic E-state index is 12.2. The molecule has 0 amide bonds. The van der Waals surface area contributed by atoms with Gasteiger partial charge in [0.1, 0.15) is 0 Å². The standard InChI is InChI=1S/C28H30O8/c1-3-25(29)33-17-5-7-19-35-27(31)23-13-9-21(10-14-23)22-11-15-24(16-12-22)28(32)36-20-8-6-18-34-26(30)4-2/h3-4,9-16H,1-2,5-8,17-20H2. The Morgan fingerprint density at radius 1 is 0.528 bits per heavy atom. The molecule has 0 saturated carbocycles. The molecule has 0 unspecified atom stereocenters. The Labute approximate surface area is 210 Å². The minimum atomic E-state index is -0.473. The maximum atomic E-state index is 12.2. The first kappa shape index (κ1) is 28.0. The van der Waals surface area contributed by atoms with Crippen LogP contribution in [0.2, 0.25) is 0 Å². The normalized spacial score (nSPS) is 10.1. The zero-order valence-electron chi connectivity index (χ0n) is 20.1. The molecule has 0 saturated heterocycles. The van der Waals surface area contributed by atoms with Crippen molar-refractivity contribution < 1.29 is 38.1 Å². The molecule has 0 aliphatic carbocycles. The largest absolute Gasteiger partial charge is 0.463 e. The van der Waals surface area contributed by atoms with Gasteiger partial charge in [0.05, 0.1) is 37.6 Å². The lowest BCUT2D eigenvalue weighted by atomic mass is 10.0. The van der Waals surface area contributed by atoms with Crippen molar-refractivity contribution in [2.45, 2.75) is 25.7 Å². The highest BCUT2D eigenvalue weighted by Crippen LogP contribution is 2.21. The zero-order chi connectivity index (χ0) is 26.2. The fourth-order valence-electron chi connectivity index (χ4n) is 2.97. The van der Waals surface area contributed by atoms with Crippen LogP contribution in [-0.4, -0.2) is 50.3 Å². The summed E-state index contributed by atoms with van der Waals surface area (Å²) in [6, 6.07) is 13.9. The van der Waals surface area contributed by atoms with Gasteiger partial charge in [-0.2, -0.15) is 0 Å². The Bertz CT molecular complexity index is 953. The molecule has 0 spiro atoms. The number of carbonyl (C=O) groups is 4. The highest BCUT2D eigenvalue weighted by atomic mass is 16.5. The SMILES string of the molecule is C=CC(=O)OCCCCOC(=O)c1ccc(-c2ccc(C(=O)OCCCCOC(=O)C=C)cc2)cc1. The van der Waals surface area contributed by atoms with E-state index < -0.39 is 23.9 Å². The zero-order valence-corrected chi connectivity index (χ0v) is 20.1. The van der Waals surface area contributed by atoms with Crippen molar-refractivity contribution in [1.29, 1.82) is 0 Å². The lowest BCUT2D eigenvalue weighted by Crippen LogP contribution is -2.08. The van der Waals surface area contributed by atoms with Crippen molar-refractivity contribution in [3.63, 3.8) is 0 Å². The molecule has 0 fully saturated rings. The van der Waals surface area contributed by atoms with Crippen LogP contribution in [-0.2, 0) is 28.5 Å². The van der Waals surface area contributed by atoms with Crippen molar-refractivity contribution in [1.82, 2.24) is 0 Å². The van der Waals surface area contributed by atoms with E-state index in [1.807, 2.05) is 0 Å². The van der Waals surface area contributed by atoms with Crippen LogP contribution in [0, 0.1) is 0 Å². The van der Waals surface area contributed by atoms with Gasteiger partial charge >= 0.3 is 23.9 Å². The molecule has 0 aliphatic rings. The third-order valence-electron chi connectivity index (χ3n) is 4.94. The third-order valence-corrected chi connectivity index (χ3v) is 4.94. The van der Waals surface area contributed by atoms with E-state index in [1.165, 1.54) is 0 Å². The van der Waals surface area contributed by atoms with Crippen molar-refractivity contribution in [2.75, 3.05) is 26.4 Å². The highest BCUT2D eigenvalue weighted by molar-refractivity contribution is 5.91. The van der Waals surface area contributed by atoms with Crippen molar-refractivity contribution in [2.24, 2.45) is 0 Å². The van der Waals surface area contributed by atoms with E-state index in [1.54, 1.807) is 48.5 Å². The van der Waals surface area contributed by atoms with Crippen LogP contribution in [0.4, 0.5) is 0 Å². The lowest BCUT2D eigenvalue weighted by molar-refractivity contribution is -0.138. The van der Waals surface area contributed by atoms with Gasteiger partial charge in [0.15, 0.2) is 0 Å². The first-order valence-corrected chi connectivity index (χ1v) is 11.6. The number of esters is 4. The molecular formula is C28H30O8. The van der Waals surface area contributed by atoms with Crippen LogP contribution in [0.25, 0.3) is 11.1 Å². The monoisotopic (exact) mass is 494 g/mol. The summed E-state index contributed by atoms with van der Waals surface area (Å²) in [4.78, 5) is 46.3. The van der Waals surface area contributed by atoms with Gasteiger partial charge in [0, 0.05) is 12.2 Å². The molecule has 0 aromatic heterocycles. The molecule has 0 N–H and O–H groups in total. The number of hydrogen-bond donors (Lipinski definition) is 0. The molecule has 190 valence electrons. The summed E-state index contributed by atoms with van der Waals surface area (Å²) in [6.07, 6.45) is 4.53. The number of carbonyl (C=O) groups excluding carboxylic acids is 4. The van der Waals surface area contributed by atoms with Gasteiger partial charge in [-0.05, 0) is 61.1 Å². The fourth-order valence-corrected chi connectivity index (χ4v) is 2.97. The maximum Gasteiger partial charge on any atom is 0.338 e. The first-order valence-electron chi connectivity index (χ1n) is 11.6. The van der Waals surface area contributed by atoms with Crippen LogP contribution in [0.1, 0.15) is 46.4 Å². The first-order chi connectivity index (χ1) is 17.4. The summed E-state index contributed by atoms with van der Waals surface area (Å²) >= 11 is 0. The number of unbranched alkanes of at least 4 members (excludes halogenated alkanes) is 2. The molecule has 0 aliphatic heterocycles. The van der Waals surface area contributed by atoms with E-state index in [-0.39, 0.29) is 26.4 Å². The predicted octanol–water partition coefficient (Wildman–Crippen LogP) is 4.69. The van der Waals surface area contributed by atoms with Gasteiger partial charge in [-0.15, -0.1) is 0 Å². The highest BCUT2D eigenvalue weighted by Gasteiger charge is 2.10. The molecule has 8 heteroatoms. The summed E-state index contributed by atoms with van der Waals surface area (Å²) in [5.74, 6) is -1.80. The minimum Gasteiger partial charge on any atom is -0.463 e. The van der Waals surface area contributed by atoms with E-state index in [9.17, 15) is 19.2 Å². The lowest BCUT2D eigenvalue weighted by Gasteiger charge is -2.08. The van der Waals surface area contributed by atoms with Crippen molar-refractivity contribution >= 4 is 23.9 Å². The summed E-state index contributed by atoms with van der Waals surface area (Å²) < 4.78 is 20.2. The molecule has 0 bridgehead atoms. The summed E-state index contributed by atoms with van der Waals surface area (Å²) in [6.45, 7) is 7.60. The number of rotatable bonds is 15. The Kier molecular flexibility index (Phi) is 12.2. The molecule has 2 rings (SSSR count). The van der Waals surface area contributed by atoms with Gasteiger partial charge in [0.25, 0.3) is 0 Å². The summed E-state index contributed by atoms with van der Waals surface area (Å²) in [5.41, 5.74) is 2.61. The average molecular weight is 495 g/mol. The average Bonchev–Trinajstić information content (AvgIpc) is 2.92. The van der Waals surface area contributed by atoms with E-state index in [0.29, 0.717) is 36.8 Å². The van der Waals surface area contributed by atoms with E-state index in [4.69, 9.17) is 18.9 Å². The van der Waals surface area contributed by atoms with Crippen LogP contribution >= 0.6 is 0 Å². The van der Waals surface area contributed by atoms with Gasteiger partial charge in [-0.1, -0.05) is 37.4 Å². The molecule has 36 heavy (non-hydrogen) atoms. The van der Waals surface area contributed by atoms with Gasteiger partial charge in [-0.3, -0.25) is 0 Å². The smallest absolute Gasteiger partial charge is 0.338 e. The Balaban J connectivity index is 1.74. The van der Waals surface area contributed by atoms with E-state index >= 15 is 0 Å². The molecule has 0 radical (unpaired) electrons. The van der Waals surface area contributed by atoms with E-state index in [0.717, 1.165) is 23.3 Å². The molecule has 8 nitrogen and oxygen atoms in total. The number of ether oxygens (including phenoxy) is 4. The molecule has 0 heterocycles. The molecule has 0 atom stereocenters. The minimum absolute atomic E-state index is 0.229. The van der Waals surface area contributed by atoms with Gasteiger partial charge in [0.2, 0.25) is 0 Å². The summed E-state index contributed by atoms with van der Waals surface area (Å²) in [7, 11) is 0. The number of hydrogen-bond acceptors (Lipinski definition) is 8.